The number of benzene rings is 1. The van der Waals surface area contributed by atoms with E-state index in [-0.39, 0.29) is 5.78 Å². The molecule has 0 aliphatic heterocycles. The number of halogens is 1. The topological polar surface area (TPSA) is 35.5 Å². The molecule has 15 heavy (non-hydrogen) atoms. The number of ether oxygens (including phenoxy) is 2. The fourth-order valence-electron chi connectivity index (χ4n) is 1.50. The van der Waals surface area contributed by atoms with Crippen LogP contribution in [0, 0.1) is 6.92 Å². The van der Waals surface area contributed by atoms with Crippen LogP contribution in [0.2, 0.25) is 5.02 Å². The first-order valence-corrected chi connectivity index (χ1v) is 4.82. The minimum absolute atomic E-state index is 0.0460. The Morgan fingerprint density at radius 3 is 2.20 bits per heavy atom. The molecule has 0 saturated heterocycles. The van der Waals surface area contributed by atoms with Crippen molar-refractivity contribution in [2.24, 2.45) is 0 Å². The van der Waals surface area contributed by atoms with Gasteiger partial charge in [0, 0.05) is 11.1 Å². The second-order valence-corrected chi connectivity index (χ2v) is 3.56. The Morgan fingerprint density at radius 2 is 1.80 bits per heavy atom. The molecule has 0 saturated carbocycles. The minimum Gasteiger partial charge on any atom is -0.493 e. The molecule has 4 heteroatoms. The van der Waals surface area contributed by atoms with Crippen molar-refractivity contribution in [1.29, 1.82) is 0 Å². The van der Waals surface area contributed by atoms with Crippen molar-refractivity contribution < 1.29 is 14.3 Å². The highest BCUT2D eigenvalue weighted by Gasteiger charge is 2.17. The number of ketones is 1. The number of rotatable bonds is 3. The van der Waals surface area contributed by atoms with Crippen LogP contribution in [0.4, 0.5) is 0 Å². The molecule has 1 rings (SSSR count). The number of carbonyl (C=O) groups excluding carboxylic acids is 1. The molecule has 0 atom stereocenters. The highest BCUT2D eigenvalue weighted by molar-refractivity contribution is 6.32. The number of hydrogen-bond acceptors (Lipinski definition) is 3. The fourth-order valence-corrected chi connectivity index (χ4v) is 1.78. The molecule has 0 aromatic heterocycles. The van der Waals surface area contributed by atoms with E-state index in [4.69, 9.17) is 21.1 Å². The van der Waals surface area contributed by atoms with Crippen LogP contribution < -0.4 is 9.47 Å². The molecule has 82 valence electrons. The van der Waals surface area contributed by atoms with Gasteiger partial charge in [-0.25, -0.2) is 0 Å². The van der Waals surface area contributed by atoms with Crippen molar-refractivity contribution in [3.8, 4) is 11.5 Å². The normalized spacial score (nSPS) is 9.93. The van der Waals surface area contributed by atoms with Crippen LogP contribution >= 0.6 is 11.6 Å². The van der Waals surface area contributed by atoms with Crippen LogP contribution in [0.3, 0.4) is 0 Å². The summed E-state index contributed by atoms with van der Waals surface area (Å²) in [7, 11) is 3.03. The number of hydrogen-bond donors (Lipinski definition) is 0. The summed E-state index contributed by atoms with van der Waals surface area (Å²) >= 11 is 5.97. The molecule has 0 aliphatic rings. The van der Waals surface area contributed by atoms with E-state index in [0.717, 1.165) is 5.56 Å². The monoisotopic (exact) mass is 228 g/mol. The summed E-state index contributed by atoms with van der Waals surface area (Å²) in [5.41, 5.74) is 1.30. The molecule has 0 amide bonds. The maximum atomic E-state index is 11.3. The second-order valence-electron chi connectivity index (χ2n) is 3.15. The quantitative estimate of drug-likeness (QED) is 0.747. The van der Waals surface area contributed by atoms with E-state index < -0.39 is 0 Å². The molecule has 0 N–H and O–H groups in total. The van der Waals surface area contributed by atoms with Crippen LogP contribution in [0.5, 0.6) is 11.5 Å². The van der Waals surface area contributed by atoms with Gasteiger partial charge < -0.3 is 9.47 Å². The highest BCUT2D eigenvalue weighted by atomic mass is 35.5. The minimum atomic E-state index is -0.0460. The fraction of sp³-hybridized carbons (Fsp3) is 0.364. The molecule has 1 aromatic carbocycles. The van der Waals surface area contributed by atoms with Crippen LogP contribution in [-0.4, -0.2) is 20.0 Å². The third kappa shape index (κ3) is 2.07. The van der Waals surface area contributed by atoms with Crippen molar-refractivity contribution in [2.45, 2.75) is 13.8 Å². The average Bonchev–Trinajstić information content (AvgIpc) is 2.19. The van der Waals surface area contributed by atoms with E-state index in [1.807, 2.05) is 0 Å². The van der Waals surface area contributed by atoms with Gasteiger partial charge in [0.05, 0.1) is 19.2 Å². The standard InChI is InChI=1S/C11H13ClO3/c1-6-8(7(2)13)5-9(12)11(15-4)10(6)14-3/h5H,1-4H3. The summed E-state index contributed by atoms with van der Waals surface area (Å²) in [5, 5.41) is 0.380. The lowest BCUT2D eigenvalue weighted by Gasteiger charge is -2.14. The molecule has 0 aliphatic carbocycles. The van der Waals surface area contributed by atoms with Crippen LogP contribution in [0.25, 0.3) is 0 Å². The van der Waals surface area contributed by atoms with Crippen molar-refractivity contribution in [1.82, 2.24) is 0 Å². The van der Waals surface area contributed by atoms with E-state index in [1.165, 1.54) is 21.1 Å². The van der Waals surface area contributed by atoms with Gasteiger partial charge in [0.15, 0.2) is 17.3 Å². The van der Waals surface area contributed by atoms with Crippen molar-refractivity contribution in [3.63, 3.8) is 0 Å². The first-order valence-electron chi connectivity index (χ1n) is 4.45. The average molecular weight is 229 g/mol. The number of methoxy groups -OCH3 is 2. The van der Waals surface area contributed by atoms with Crippen molar-refractivity contribution >= 4 is 17.4 Å². The Balaban J connectivity index is 3.51. The zero-order valence-electron chi connectivity index (χ0n) is 9.18. The number of carbonyl (C=O) groups is 1. The first kappa shape index (κ1) is 11.9. The predicted molar refractivity (Wildman–Crippen MR) is 59.3 cm³/mol. The van der Waals surface area contributed by atoms with E-state index in [0.29, 0.717) is 22.1 Å². The maximum absolute atomic E-state index is 11.3. The van der Waals surface area contributed by atoms with Crippen molar-refractivity contribution in [3.05, 3.63) is 22.2 Å². The van der Waals surface area contributed by atoms with E-state index in [1.54, 1.807) is 13.0 Å². The Morgan fingerprint density at radius 1 is 1.27 bits per heavy atom. The molecule has 0 unspecified atom stereocenters. The highest BCUT2D eigenvalue weighted by Crippen LogP contribution is 2.39. The molecule has 0 fully saturated rings. The van der Waals surface area contributed by atoms with Gasteiger partial charge in [0.2, 0.25) is 0 Å². The first-order chi connectivity index (χ1) is 7.02. The lowest BCUT2D eigenvalue weighted by Crippen LogP contribution is -2.01. The van der Waals surface area contributed by atoms with Gasteiger partial charge in [0.25, 0.3) is 0 Å². The Bertz CT molecular complexity index is 399. The lowest BCUT2D eigenvalue weighted by molar-refractivity contribution is 0.101. The zero-order valence-corrected chi connectivity index (χ0v) is 9.94. The summed E-state index contributed by atoms with van der Waals surface area (Å²) in [4.78, 5) is 11.3. The molecule has 3 nitrogen and oxygen atoms in total. The van der Waals surface area contributed by atoms with Crippen LogP contribution in [-0.2, 0) is 0 Å². The Hall–Kier alpha value is -1.22. The summed E-state index contributed by atoms with van der Waals surface area (Å²) < 4.78 is 10.3. The van der Waals surface area contributed by atoms with Gasteiger partial charge in [-0.15, -0.1) is 0 Å². The molecule has 0 bridgehead atoms. The zero-order chi connectivity index (χ0) is 11.6. The summed E-state index contributed by atoms with van der Waals surface area (Å²) in [6, 6.07) is 1.60. The second kappa shape index (κ2) is 4.53. The molecule has 0 radical (unpaired) electrons. The molecule has 0 spiro atoms. The molecular weight excluding hydrogens is 216 g/mol. The summed E-state index contributed by atoms with van der Waals surface area (Å²) in [5.74, 6) is 0.923. The van der Waals surface area contributed by atoms with Gasteiger partial charge in [0.1, 0.15) is 0 Å². The molecule has 1 aromatic rings. The summed E-state index contributed by atoms with van der Waals surface area (Å²) in [6.45, 7) is 3.29. The summed E-state index contributed by atoms with van der Waals surface area (Å²) in [6.07, 6.45) is 0. The third-order valence-corrected chi connectivity index (χ3v) is 2.51. The van der Waals surface area contributed by atoms with Crippen LogP contribution in [0.15, 0.2) is 6.07 Å². The largest absolute Gasteiger partial charge is 0.493 e. The van der Waals surface area contributed by atoms with E-state index in [2.05, 4.69) is 0 Å². The predicted octanol–water partition coefficient (Wildman–Crippen LogP) is 2.87. The van der Waals surface area contributed by atoms with E-state index in [9.17, 15) is 4.79 Å². The van der Waals surface area contributed by atoms with Crippen LogP contribution in [0.1, 0.15) is 22.8 Å². The lowest BCUT2D eigenvalue weighted by atomic mass is 10.0. The van der Waals surface area contributed by atoms with Gasteiger partial charge in [-0.2, -0.15) is 0 Å². The smallest absolute Gasteiger partial charge is 0.179 e. The van der Waals surface area contributed by atoms with Gasteiger partial charge in [-0.3, -0.25) is 4.79 Å². The van der Waals surface area contributed by atoms with Crippen molar-refractivity contribution in [2.75, 3.05) is 14.2 Å². The Kier molecular flexibility index (Phi) is 3.58. The third-order valence-electron chi connectivity index (χ3n) is 2.23. The Labute approximate surface area is 93.9 Å². The van der Waals surface area contributed by atoms with Gasteiger partial charge in [-0.1, -0.05) is 11.6 Å². The SMILES string of the molecule is COc1c(Cl)cc(C(C)=O)c(C)c1OC. The molecule has 0 heterocycles. The molecular formula is C11H13ClO3. The van der Waals surface area contributed by atoms with Gasteiger partial charge >= 0.3 is 0 Å². The van der Waals surface area contributed by atoms with Gasteiger partial charge in [-0.05, 0) is 19.9 Å². The number of Topliss-reactive ketones (excluding diaryl/α,β-unsaturated/α-hetero) is 1. The van der Waals surface area contributed by atoms with E-state index >= 15 is 0 Å². The maximum Gasteiger partial charge on any atom is 0.179 e.